The fourth-order valence-electron chi connectivity index (χ4n) is 3.83. The smallest absolute Gasteiger partial charge is 0.225 e. The number of hydrogen-bond acceptors (Lipinski definition) is 4. The van der Waals surface area contributed by atoms with E-state index in [1.807, 2.05) is 18.5 Å². The predicted octanol–water partition coefficient (Wildman–Crippen LogP) is 2.53. The van der Waals surface area contributed by atoms with E-state index in [1.165, 1.54) is 38.5 Å². The average molecular weight is 345 g/mol. The molecule has 6 heteroatoms. The number of nitrogens with one attached hydrogen (secondary N) is 1. The lowest BCUT2D eigenvalue weighted by molar-refractivity contribution is 0.340. The van der Waals surface area contributed by atoms with Gasteiger partial charge in [-0.25, -0.2) is 9.97 Å². The molecule has 2 fully saturated rings. The Bertz CT molecular complexity index is 518. The summed E-state index contributed by atoms with van der Waals surface area (Å²) >= 11 is 0. The quantitative estimate of drug-likeness (QED) is 0.657. The third-order valence-corrected chi connectivity index (χ3v) is 5.27. The summed E-state index contributed by atoms with van der Waals surface area (Å²) in [4.78, 5) is 18.3. The number of rotatable bonds is 5. The lowest BCUT2D eigenvalue weighted by atomic mass is 9.87. The first-order chi connectivity index (χ1) is 12.4. The maximum Gasteiger partial charge on any atom is 0.225 e. The molecule has 1 saturated carbocycles. The van der Waals surface area contributed by atoms with E-state index in [2.05, 4.69) is 32.0 Å². The number of aromatic nitrogens is 2. The number of nitrogens with zero attached hydrogens (tertiary/aromatic N) is 5. The molecule has 1 N–H and O–H groups in total. The van der Waals surface area contributed by atoms with Crippen LogP contribution in [-0.2, 0) is 0 Å². The molecule has 0 atom stereocenters. The van der Waals surface area contributed by atoms with Crippen LogP contribution in [0.2, 0.25) is 0 Å². The van der Waals surface area contributed by atoms with E-state index < -0.39 is 0 Å². The van der Waals surface area contributed by atoms with Crippen molar-refractivity contribution >= 4 is 11.9 Å². The molecule has 1 aromatic rings. The summed E-state index contributed by atoms with van der Waals surface area (Å²) in [6.07, 6.45) is 11.9. The number of hydrogen-bond donors (Lipinski definition) is 1. The third-order valence-electron chi connectivity index (χ3n) is 5.27. The topological polar surface area (TPSA) is 56.7 Å². The molecule has 0 spiro atoms. The average Bonchev–Trinajstić information content (AvgIpc) is 2.69. The van der Waals surface area contributed by atoms with Crippen molar-refractivity contribution in [2.45, 2.75) is 45.4 Å². The largest absolute Gasteiger partial charge is 0.357 e. The first-order valence-corrected chi connectivity index (χ1v) is 9.92. The highest BCUT2D eigenvalue weighted by atomic mass is 15.4. The molecule has 1 aliphatic carbocycles. The van der Waals surface area contributed by atoms with Crippen molar-refractivity contribution in [3.63, 3.8) is 0 Å². The van der Waals surface area contributed by atoms with Crippen LogP contribution < -0.4 is 10.2 Å². The van der Waals surface area contributed by atoms with Gasteiger partial charge >= 0.3 is 0 Å². The van der Waals surface area contributed by atoms with Crippen molar-refractivity contribution in [3.05, 3.63) is 18.5 Å². The Balaban J connectivity index is 1.49. The zero-order valence-corrected chi connectivity index (χ0v) is 15.5. The van der Waals surface area contributed by atoms with Gasteiger partial charge in [-0.2, -0.15) is 0 Å². The molecule has 0 unspecified atom stereocenters. The Morgan fingerprint density at radius 2 is 1.84 bits per heavy atom. The molecule has 3 rings (SSSR count). The van der Waals surface area contributed by atoms with E-state index in [4.69, 9.17) is 4.99 Å². The van der Waals surface area contributed by atoms with Crippen LogP contribution in [-0.4, -0.2) is 60.1 Å². The lowest BCUT2D eigenvalue weighted by Gasteiger charge is -2.36. The second-order valence-electron chi connectivity index (χ2n) is 7.05. The summed E-state index contributed by atoms with van der Waals surface area (Å²) in [7, 11) is 0. The summed E-state index contributed by atoms with van der Waals surface area (Å²) in [6, 6.07) is 1.86. The van der Waals surface area contributed by atoms with Crippen LogP contribution in [0.4, 0.5) is 5.95 Å². The van der Waals surface area contributed by atoms with Crippen molar-refractivity contribution in [2.24, 2.45) is 10.9 Å². The third kappa shape index (κ3) is 5.31. The van der Waals surface area contributed by atoms with Crippen molar-refractivity contribution in [1.29, 1.82) is 0 Å². The Hall–Kier alpha value is -1.85. The van der Waals surface area contributed by atoms with Crippen molar-refractivity contribution < 1.29 is 0 Å². The predicted molar refractivity (Wildman–Crippen MR) is 103 cm³/mol. The molecule has 25 heavy (non-hydrogen) atoms. The molecule has 1 aromatic heterocycles. The van der Waals surface area contributed by atoms with Crippen molar-refractivity contribution in [3.8, 4) is 0 Å². The SMILES string of the molecule is CCNC(=NCCC1CCCCC1)N1CCN(c2ncccn2)CC1. The van der Waals surface area contributed by atoms with E-state index in [0.29, 0.717) is 0 Å². The van der Waals surface area contributed by atoms with Gasteiger partial charge < -0.3 is 15.1 Å². The van der Waals surface area contributed by atoms with E-state index >= 15 is 0 Å². The van der Waals surface area contributed by atoms with Gasteiger partial charge in [0.05, 0.1) is 0 Å². The first kappa shape index (κ1) is 18.0. The van der Waals surface area contributed by atoms with Crippen LogP contribution in [0, 0.1) is 5.92 Å². The highest BCUT2D eigenvalue weighted by molar-refractivity contribution is 5.80. The maximum atomic E-state index is 4.91. The van der Waals surface area contributed by atoms with E-state index in [-0.39, 0.29) is 0 Å². The summed E-state index contributed by atoms with van der Waals surface area (Å²) in [5.41, 5.74) is 0. The Kier molecular flexibility index (Phi) is 6.89. The number of guanidine groups is 1. The van der Waals surface area contributed by atoms with Crippen molar-refractivity contribution in [1.82, 2.24) is 20.2 Å². The van der Waals surface area contributed by atoms with E-state index in [9.17, 15) is 0 Å². The van der Waals surface area contributed by atoms with Gasteiger partial charge in [-0.15, -0.1) is 0 Å². The highest BCUT2D eigenvalue weighted by Crippen LogP contribution is 2.26. The molecule has 6 nitrogen and oxygen atoms in total. The van der Waals surface area contributed by atoms with E-state index in [0.717, 1.165) is 57.1 Å². The number of piperazine rings is 1. The van der Waals surface area contributed by atoms with Gasteiger partial charge in [0, 0.05) is 51.7 Å². The molecule has 2 heterocycles. The van der Waals surface area contributed by atoms with Gasteiger partial charge in [0.15, 0.2) is 5.96 Å². The Labute approximate surface area is 151 Å². The summed E-state index contributed by atoms with van der Waals surface area (Å²) in [5.74, 6) is 2.81. The molecule has 1 aliphatic heterocycles. The highest BCUT2D eigenvalue weighted by Gasteiger charge is 2.21. The Morgan fingerprint density at radius 1 is 1.12 bits per heavy atom. The summed E-state index contributed by atoms with van der Waals surface area (Å²) in [5, 5.41) is 3.47. The molecule has 138 valence electrons. The molecular weight excluding hydrogens is 312 g/mol. The molecule has 0 aromatic carbocycles. The maximum absolute atomic E-state index is 4.91. The minimum atomic E-state index is 0.835. The molecule has 0 bridgehead atoms. The molecular formula is C19H32N6. The normalized spacial score (nSPS) is 20.0. The lowest BCUT2D eigenvalue weighted by Crippen LogP contribution is -2.53. The van der Waals surface area contributed by atoms with Crippen LogP contribution in [0.3, 0.4) is 0 Å². The zero-order valence-electron chi connectivity index (χ0n) is 15.5. The standard InChI is InChI=1S/C19H32N6/c1-2-20-18(23-12-9-17-7-4-3-5-8-17)24-13-15-25(16-14-24)19-21-10-6-11-22-19/h6,10-11,17H,2-5,7-9,12-16H2,1H3,(H,20,23). The van der Waals surface area contributed by atoms with Gasteiger partial charge in [0.1, 0.15) is 0 Å². The van der Waals surface area contributed by atoms with Crippen LogP contribution in [0.25, 0.3) is 0 Å². The molecule has 0 radical (unpaired) electrons. The van der Waals surface area contributed by atoms with Crippen LogP contribution >= 0.6 is 0 Å². The minimum Gasteiger partial charge on any atom is -0.357 e. The second kappa shape index (κ2) is 9.59. The molecule has 1 saturated heterocycles. The summed E-state index contributed by atoms with van der Waals surface area (Å²) in [6.45, 7) is 7.83. The van der Waals surface area contributed by atoms with Gasteiger partial charge in [0.2, 0.25) is 5.95 Å². The van der Waals surface area contributed by atoms with Crippen LogP contribution in [0.1, 0.15) is 45.4 Å². The van der Waals surface area contributed by atoms with E-state index in [1.54, 1.807) is 0 Å². The molecule has 2 aliphatic rings. The second-order valence-corrected chi connectivity index (χ2v) is 7.05. The number of aliphatic imine (C=N–C) groups is 1. The first-order valence-electron chi connectivity index (χ1n) is 9.92. The number of anilines is 1. The van der Waals surface area contributed by atoms with Crippen molar-refractivity contribution in [2.75, 3.05) is 44.2 Å². The van der Waals surface area contributed by atoms with Gasteiger partial charge in [-0.1, -0.05) is 32.1 Å². The monoisotopic (exact) mass is 344 g/mol. The van der Waals surface area contributed by atoms with Gasteiger partial charge in [-0.3, -0.25) is 4.99 Å². The fraction of sp³-hybridized carbons (Fsp3) is 0.737. The Morgan fingerprint density at radius 3 is 2.52 bits per heavy atom. The minimum absolute atomic E-state index is 0.835. The van der Waals surface area contributed by atoms with Gasteiger partial charge in [-0.05, 0) is 25.3 Å². The van der Waals surface area contributed by atoms with Crippen LogP contribution in [0.5, 0.6) is 0 Å². The van der Waals surface area contributed by atoms with Crippen LogP contribution in [0.15, 0.2) is 23.5 Å². The van der Waals surface area contributed by atoms with Gasteiger partial charge in [0.25, 0.3) is 0 Å². The zero-order chi connectivity index (χ0) is 17.3. The molecule has 0 amide bonds. The fourth-order valence-corrected chi connectivity index (χ4v) is 3.83. The summed E-state index contributed by atoms with van der Waals surface area (Å²) < 4.78 is 0.